The van der Waals surface area contributed by atoms with Crippen LogP contribution in [0.25, 0.3) is 0 Å². The van der Waals surface area contributed by atoms with Crippen molar-refractivity contribution in [1.29, 1.82) is 0 Å². The molecule has 0 aliphatic carbocycles. The summed E-state index contributed by atoms with van der Waals surface area (Å²) in [6, 6.07) is 7.10. The van der Waals surface area contributed by atoms with Gasteiger partial charge in [0.15, 0.2) is 0 Å². The minimum atomic E-state index is -4.52. The van der Waals surface area contributed by atoms with Crippen LogP contribution >= 0.6 is 11.6 Å². The van der Waals surface area contributed by atoms with Crippen molar-refractivity contribution in [1.82, 2.24) is 5.32 Å². The molecule has 0 fully saturated rings. The summed E-state index contributed by atoms with van der Waals surface area (Å²) in [5.41, 5.74) is -0.629. The van der Waals surface area contributed by atoms with Gasteiger partial charge in [-0.1, -0.05) is 23.7 Å². The number of sulfonamides is 1. The number of methoxy groups -OCH3 is 2. The Morgan fingerprint density at radius 3 is 2.32 bits per heavy atom. The van der Waals surface area contributed by atoms with Gasteiger partial charge >= 0.3 is 6.18 Å². The Labute approximate surface area is 182 Å². The highest BCUT2D eigenvalue weighted by Crippen LogP contribution is 2.39. The molecule has 12 heteroatoms. The number of ether oxygens (including phenoxy) is 2. The molecule has 2 rings (SSSR count). The summed E-state index contributed by atoms with van der Waals surface area (Å²) >= 11 is 6.03. The third kappa shape index (κ3) is 6.41. The molecule has 2 aromatic rings. The van der Waals surface area contributed by atoms with Crippen LogP contribution in [0.5, 0.6) is 11.5 Å². The summed E-state index contributed by atoms with van der Waals surface area (Å²) in [6.45, 7) is -0.861. The predicted molar refractivity (Wildman–Crippen MR) is 110 cm³/mol. The zero-order valence-corrected chi connectivity index (χ0v) is 18.4. The lowest BCUT2D eigenvalue weighted by Gasteiger charge is -2.24. The second-order valence-electron chi connectivity index (χ2n) is 6.40. The van der Waals surface area contributed by atoms with Gasteiger partial charge in [-0.15, -0.1) is 0 Å². The van der Waals surface area contributed by atoms with Crippen molar-refractivity contribution in [3.8, 4) is 11.5 Å². The first-order chi connectivity index (χ1) is 14.4. The van der Waals surface area contributed by atoms with Crippen molar-refractivity contribution >= 4 is 33.2 Å². The van der Waals surface area contributed by atoms with E-state index in [1.807, 2.05) is 0 Å². The van der Waals surface area contributed by atoms with E-state index in [9.17, 15) is 26.4 Å². The predicted octanol–water partition coefficient (Wildman–Crippen LogP) is 3.46. The largest absolute Gasteiger partial charge is 0.495 e. The van der Waals surface area contributed by atoms with E-state index in [-0.39, 0.29) is 34.3 Å². The van der Waals surface area contributed by atoms with Crippen molar-refractivity contribution in [2.24, 2.45) is 0 Å². The van der Waals surface area contributed by atoms with Crippen molar-refractivity contribution in [3.05, 3.63) is 52.5 Å². The van der Waals surface area contributed by atoms with E-state index in [0.29, 0.717) is 0 Å². The summed E-state index contributed by atoms with van der Waals surface area (Å²) in [7, 11) is -1.31. The molecule has 0 aliphatic rings. The van der Waals surface area contributed by atoms with Crippen LogP contribution in [-0.2, 0) is 27.5 Å². The normalized spacial score (nSPS) is 11.7. The van der Waals surface area contributed by atoms with Gasteiger partial charge in [-0.05, 0) is 17.7 Å². The average molecular weight is 481 g/mol. The molecular weight excluding hydrogens is 461 g/mol. The number of benzene rings is 2. The fraction of sp³-hybridized carbons (Fsp3) is 0.316. The van der Waals surface area contributed by atoms with Gasteiger partial charge in [0.25, 0.3) is 0 Å². The quantitative estimate of drug-likeness (QED) is 0.625. The van der Waals surface area contributed by atoms with Gasteiger partial charge in [0.1, 0.15) is 18.0 Å². The number of hydrogen-bond acceptors (Lipinski definition) is 5. The lowest BCUT2D eigenvalue weighted by molar-refractivity contribution is -0.137. The number of nitrogens with one attached hydrogen (secondary N) is 1. The van der Waals surface area contributed by atoms with Crippen LogP contribution in [-0.4, -0.2) is 41.3 Å². The summed E-state index contributed by atoms with van der Waals surface area (Å²) in [6.07, 6.45) is -3.62. The van der Waals surface area contributed by atoms with E-state index in [1.165, 1.54) is 38.5 Å². The minimum Gasteiger partial charge on any atom is -0.495 e. The molecule has 0 saturated heterocycles. The second-order valence-corrected chi connectivity index (χ2v) is 8.72. The van der Waals surface area contributed by atoms with E-state index >= 15 is 0 Å². The first-order valence-corrected chi connectivity index (χ1v) is 10.9. The molecule has 7 nitrogen and oxygen atoms in total. The molecule has 0 spiro atoms. The lowest BCUT2D eigenvalue weighted by Crippen LogP contribution is -2.40. The maximum Gasteiger partial charge on any atom is 0.416 e. The number of rotatable bonds is 8. The summed E-state index contributed by atoms with van der Waals surface area (Å²) in [5.74, 6) is -0.490. The summed E-state index contributed by atoms with van der Waals surface area (Å²) in [4.78, 5) is 12.4. The van der Waals surface area contributed by atoms with Gasteiger partial charge in [0.05, 0.1) is 36.7 Å². The topological polar surface area (TPSA) is 84.9 Å². The molecular formula is C19H20ClF3N2O5S. The zero-order chi connectivity index (χ0) is 23.4. The molecule has 1 amide bonds. The molecule has 2 aromatic carbocycles. The summed E-state index contributed by atoms with van der Waals surface area (Å²) < 4.78 is 74.2. The molecule has 0 atom stereocenters. The lowest BCUT2D eigenvalue weighted by atomic mass is 10.1. The Kier molecular flexibility index (Phi) is 7.66. The fourth-order valence-electron chi connectivity index (χ4n) is 2.66. The number of amides is 1. The number of anilines is 1. The smallest absolute Gasteiger partial charge is 0.416 e. The summed E-state index contributed by atoms with van der Waals surface area (Å²) in [5, 5.41) is 2.59. The second kappa shape index (κ2) is 9.65. The highest BCUT2D eigenvalue weighted by molar-refractivity contribution is 7.92. The van der Waals surface area contributed by atoms with Gasteiger partial charge in [-0.3, -0.25) is 9.10 Å². The standard InChI is InChI=1S/C19H20ClF3N2O5S/c1-29-16-9-15(17(30-2)8-14(16)20)25(31(3,27)28)11-18(26)24-10-12-5-4-6-13(7-12)19(21,22)23/h4-9H,10-11H2,1-3H3,(H,24,26). The maximum absolute atomic E-state index is 12.8. The van der Waals surface area contributed by atoms with Crippen molar-refractivity contribution < 1.29 is 35.9 Å². The van der Waals surface area contributed by atoms with Crippen LogP contribution in [0.15, 0.2) is 36.4 Å². The molecule has 0 bridgehead atoms. The first kappa shape index (κ1) is 24.6. The Hall–Kier alpha value is -2.66. The van der Waals surface area contributed by atoms with Crippen molar-refractivity contribution in [2.75, 3.05) is 31.3 Å². The van der Waals surface area contributed by atoms with E-state index in [0.717, 1.165) is 22.7 Å². The van der Waals surface area contributed by atoms with E-state index in [1.54, 1.807) is 0 Å². The SMILES string of the molecule is COc1cc(N(CC(=O)NCc2cccc(C(F)(F)F)c2)S(C)(=O)=O)c(OC)cc1Cl. The molecule has 0 aromatic heterocycles. The van der Waals surface area contributed by atoms with Crippen LogP contribution in [0.4, 0.5) is 18.9 Å². The van der Waals surface area contributed by atoms with Crippen LogP contribution in [0, 0.1) is 0 Å². The number of nitrogens with zero attached hydrogens (tertiary/aromatic N) is 1. The fourth-order valence-corrected chi connectivity index (χ4v) is 3.75. The monoisotopic (exact) mass is 480 g/mol. The average Bonchev–Trinajstić information content (AvgIpc) is 2.69. The van der Waals surface area contributed by atoms with Gasteiger partial charge in [0, 0.05) is 18.7 Å². The molecule has 0 saturated carbocycles. The van der Waals surface area contributed by atoms with Gasteiger partial charge in [0.2, 0.25) is 15.9 Å². The van der Waals surface area contributed by atoms with E-state index in [2.05, 4.69) is 5.32 Å². The van der Waals surface area contributed by atoms with Gasteiger partial charge in [-0.2, -0.15) is 13.2 Å². The number of carbonyl (C=O) groups is 1. The third-order valence-electron chi connectivity index (χ3n) is 4.15. The molecule has 0 heterocycles. The molecule has 0 aliphatic heterocycles. The third-order valence-corrected chi connectivity index (χ3v) is 5.58. The van der Waals surface area contributed by atoms with Crippen molar-refractivity contribution in [2.45, 2.75) is 12.7 Å². The maximum atomic E-state index is 12.8. The Morgan fingerprint density at radius 2 is 1.77 bits per heavy atom. The van der Waals surface area contributed by atoms with E-state index < -0.39 is 34.2 Å². The number of halogens is 4. The Bertz CT molecular complexity index is 1060. The van der Waals surface area contributed by atoms with Crippen LogP contribution in [0.3, 0.4) is 0 Å². The van der Waals surface area contributed by atoms with E-state index in [4.69, 9.17) is 21.1 Å². The minimum absolute atomic E-state index is 0.0143. The van der Waals surface area contributed by atoms with Crippen LogP contribution in [0.1, 0.15) is 11.1 Å². The highest BCUT2D eigenvalue weighted by atomic mass is 35.5. The van der Waals surface area contributed by atoms with Crippen molar-refractivity contribution in [3.63, 3.8) is 0 Å². The molecule has 1 N–H and O–H groups in total. The molecule has 31 heavy (non-hydrogen) atoms. The van der Waals surface area contributed by atoms with Crippen LogP contribution in [0.2, 0.25) is 5.02 Å². The Morgan fingerprint density at radius 1 is 1.13 bits per heavy atom. The van der Waals surface area contributed by atoms with Crippen LogP contribution < -0.4 is 19.1 Å². The first-order valence-electron chi connectivity index (χ1n) is 8.69. The molecule has 0 radical (unpaired) electrons. The van der Waals surface area contributed by atoms with Gasteiger partial charge in [-0.25, -0.2) is 8.42 Å². The Balaban J connectivity index is 2.24. The molecule has 0 unspecified atom stereocenters. The van der Waals surface area contributed by atoms with Gasteiger partial charge < -0.3 is 14.8 Å². The highest BCUT2D eigenvalue weighted by Gasteiger charge is 2.30. The zero-order valence-electron chi connectivity index (χ0n) is 16.8. The number of alkyl halides is 3. The molecule has 170 valence electrons. The number of hydrogen-bond donors (Lipinski definition) is 1. The number of carbonyl (C=O) groups excluding carboxylic acids is 1.